The van der Waals surface area contributed by atoms with Gasteiger partial charge in [0.2, 0.25) is 0 Å². The van der Waals surface area contributed by atoms with Crippen LogP contribution in [0.15, 0.2) is 24.3 Å². The number of allylic oxidation sites excluding steroid dienone is 1. The van der Waals surface area contributed by atoms with Crippen LogP contribution < -0.4 is 5.73 Å². The first kappa shape index (κ1) is 20.7. The van der Waals surface area contributed by atoms with Crippen LogP contribution >= 0.6 is 0 Å². The summed E-state index contributed by atoms with van der Waals surface area (Å²) in [6.45, 7) is 12.3. The van der Waals surface area contributed by atoms with Gasteiger partial charge in [0.1, 0.15) is 5.82 Å². The predicted octanol–water partition coefficient (Wildman–Crippen LogP) is 5.85. The third-order valence-electron chi connectivity index (χ3n) is 5.23. The Kier molecular flexibility index (Phi) is 8.37. The largest absolute Gasteiger partial charge is 0.330 e. The number of nitrogens with zero attached hydrogens (tertiary/aromatic N) is 2. The molecule has 0 amide bonds. The topological polar surface area (TPSA) is 43.8 Å². The standard InChI is InChI=1S/C23H37N3/c1-18(2)17-26-22-16-20(4)19(3)15-21(22)25-23(26)13-11-9-7-5-6-8-10-12-14-24/h15-16H,1,5-14,17,24H2,2-4H3. The van der Waals surface area contributed by atoms with E-state index in [1.807, 2.05) is 0 Å². The van der Waals surface area contributed by atoms with E-state index in [1.54, 1.807) is 0 Å². The van der Waals surface area contributed by atoms with E-state index in [0.29, 0.717) is 0 Å². The van der Waals surface area contributed by atoms with Crippen LogP contribution in [0, 0.1) is 13.8 Å². The molecule has 2 rings (SSSR count). The van der Waals surface area contributed by atoms with Gasteiger partial charge in [-0.2, -0.15) is 0 Å². The summed E-state index contributed by atoms with van der Waals surface area (Å²) in [7, 11) is 0. The fourth-order valence-electron chi connectivity index (χ4n) is 3.56. The molecule has 3 heteroatoms. The lowest BCUT2D eigenvalue weighted by Crippen LogP contribution is -2.05. The van der Waals surface area contributed by atoms with Crippen LogP contribution in [0.1, 0.15) is 75.2 Å². The zero-order valence-corrected chi connectivity index (χ0v) is 17.1. The van der Waals surface area contributed by atoms with Gasteiger partial charge >= 0.3 is 0 Å². The van der Waals surface area contributed by atoms with Crippen LogP contribution in [0.3, 0.4) is 0 Å². The number of nitrogens with two attached hydrogens (primary N) is 1. The zero-order valence-electron chi connectivity index (χ0n) is 17.1. The van der Waals surface area contributed by atoms with E-state index in [4.69, 9.17) is 10.7 Å². The molecule has 0 saturated heterocycles. The third-order valence-corrected chi connectivity index (χ3v) is 5.23. The molecule has 0 atom stereocenters. The Morgan fingerprint density at radius 1 is 0.962 bits per heavy atom. The highest BCUT2D eigenvalue weighted by Gasteiger charge is 2.12. The molecule has 0 unspecified atom stereocenters. The fraction of sp³-hybridized carbons (Fsp3) is 0.609. The Labute approximate surface area is 159 Å². The molecule has 0 fully saturated rings. The summed E-state index contributed by atoms with van der Waals surface area (Å²) in [6.07, 6.45) is 11.4. The molecular formula is C23H37N3. The second-order valence-electron chi connectivity index (χ2n) is 7.86. The van der Waals surface area contributed by atoms with E-state index in [-0.39, 0.29) is 0 Å². The predicted molar refractivity (Wildman–Crippen MR) is 114 cm³/mol. The van der Waals surface area contributed by atoms with Gasteiger partial charge < -0.3 is 10.3 Å². The molecule has 1 heterocycles. The number of hydrogen-bond donors (Lipinski definition) is 1. The molecule has 2 aromatic rings. The van der Waals surface area contributed by atoms with Crippen LogP contribution in [0.4, 0.5) is 0 Å². The molecular weight excluding hydrogens is 318 g/mol. The molecule has 0 radical (unpaired) electrons. The minimum atomic E-state index is 0.838. The minimum absolute atomic E-state index is 0.838. The van der Waals surface area contributed by atoms with Crippen molar-refractivity contribution in [2.24, 2.45) is 5.73 Å². The summed E-state index contributed by atoms with van der Waals surface area (Å²) in [5, 5.41) is 0. The number of unbranched alkanes of at least 4 members (excludes halogenated alkanes) is 7. The SMILES string of the molecule is C=C(C)Cn1c(CCCCCCCCCCN)nc2cc(C)c(C)cc21. The Hall–Kier alpha value is -1.61. The number of imidazole rings is 1. The van der Waals surface area contributed by atoms with Crippen LogP contribution in [0.2, 0.25) is 0 Å². The summed E-state index contributed by atoms with van der Waals surface area (Å²) in [6, 6.07) is 4.51. The van der Waals surface area contributed by atoms with Gasteiger partial charge in [0.05, 0.1) is 11.0 Å². The molecule has 144 valence electrons. The first-order chi connectivity index (χ1) is 12.5. The van der Waals surface area contributed by atoms with Gasteiger partial charge in [0.25, 0.3) is 0 Å². The van der Waals surface area contributed by atoms with E-state index in [1.165, 1.54) is 79.4 Å². The van der Waals surface area contributed by atoms with Crippen molar-refractivity contribution in [3.05, 3.63) is 41.2 Å². The van der Waals surface area contributed by atoms with Gasteiger partial charge in [-0.25, -0.2) is 4.98 Å². The maximum Gasteiger partial charge on any atom is 0.110 e. The van der Waals surface area contributed by atoms with Crippen LogP contribution in [-0.2, 0) is 13.0 Å². The molecule has 26 heavy (non-hydrogen) atoms. The second-order valence-corrected chi connectivity index (χ2v) is 7.86. The quantitative estimate of drug-likeness (QED) is 0.383. The molecule has 0 aliphatic heterocycles. The average Bonchev–Trinajstić information content (AvgIpc) is 2.90. The molecule has 0 spiro atoms. The number of benzene rings is 1. The van der Waals surface area contributed by atoms with Gasteiger partial charge in [-0.15, -0.1) is 0 Å². The summed E-state index contributed by atoms with van der Waals surface area (Å²) in [5.74, 6) is 1.22. The second kappa shape index (κ2) is 10.5. The first-order valence-corrected chi connectivity index (χ1v) is 10.3. The summed E-state index contributed by atoms with van der Waals surface area (Å²) < 4.78 is 2.37. The van der Waals surface area contributed by atoms with Crippen LogP contribution in [0.5, 0.6) is 0 Å². The van der Waals surface area contributed by atoms with Gasteiger partial charge in [0, 0.05) is 13.0 Å². The van der Waals surface area contributed by atoms with Crippen LogP contribution in [0.25, 0.3) is 11.0 Å². The maximum absolute atomic E-state index is 5.54. The summed E-state index contributed by atoms with van der Waals surface area (Å²) >= 11 is 0. The molecule has 1 aromatic heterocycles. The number of fused-ring (bicyclic) bond motifs is 1. The normalized spacial score (nSPS) is 11.4. The molecule has 3 nitrogen and oxygen atoms in total. The van der Waals surface area contributed by atoms with Gasteiger partial charge in [-0.05, 0) is 63.4 Å². The Morgan fingerprint density at radius 3 is 2.15 bits per heavy atom. The summed E-state index contributed by atoms with van der Waals surface area (Å²) in [4.78, 5) is 4.95. The monoisotopic (exact) mass is 355 g/mol. The lowest BCUT2D eigenvalue weighted by Gasteiger charge is -2.10. The molecule has 1 aromatic carbocycles. The van der Waals surface area contributed by atoms with E-state index in [0.717, 1.165) is 25.0 Å². The Balaban J connectivity index is 1.91. The fourth-order valence-corrected chi connectivity index (χ4v) is 3.56. The Bertz CT molecular complexity index is 712. The van der Waals surface area contributed by atoms with Gasteiger partial charge in [-0.3, -0.25) is 0 Å². The van der Waals surface area contributed by atoms with Gasteiger partial charge in [-0.1, -0.05) is 50.7 Å². The van der Waals surface area contributed by atoms with Crippen molar-refractivity contribution >= 4 is 11.0 Å². The van der Waals surface area contributed by atoms with Crippen molar-refractivity contribution in [1.29, 1.82) is 0 Å². The molecule has 2 N–H and O–H groups in total. The van der Waals surface area contributed by atoms with Gasteiger partial charge in [0.15, 0.2) is 0 Å². The number of aromatic nitrogens is 2. The molecule has 0 saturated carbocycles. The summed E-state index contributed by atoms with van der Waals surface area (Å²) in [5.41, 5.74) is 11.8. The Morgan fingerprint density at radius 2 is 1.54 bits per heavy atom. The molecule has 0 bridgehead atoms. The van der Waals surface area contributed by atoms with Crippen LogP contribution in [-0.4, -0.2) is 16.1 Å². The number of hydrogen-bond acceptors (Lipinski definition) is 2. The average molecular weight is 356 g/mol. The van der Waals surface area contributed by atoms with E-state index in [2.05, 4.69) is 44.0 Å². The third kappa shape index (κ3) is 5.98. The molecule has 0 aliphatic carbocycles. The highest BCUT2D eigenvalue weighted by Crippen LogP contribution is 2.23. The maximum atomic E-state index is 5.54. The first-order valence-electron chi connectivity index (χ1n) is 10.3. The lowest BCUT2D eigenvalue weighted by atomic mass is 10.1. The van der Waals surface area contributed by atoms with E-state index in [9.17, 15) is 0 Å². The minimum Gasteiger partial charge on any atom is -0.330 e. The lowest BCUT2D eigenvalue weighted by molar-refractivity contribution is 0.563. The molecule has 0 aliphatic rings. The van der Waals surface area contributed by atoms with Crippen molar-refractivity contribution in [2.45, 2.75) is 85.1 Å². The highest BCUT2D eigenvalue weighted by molar-refractivity contribution is 5.78. The van der Waals surface area contributed by atoms with E-state index < -0.39 is 0 Å². The van der Waals surface area contributed by atoms with Crippen molar-refractivity contribution in [1.82, 2.24) is 9.55 Å². The number of rotatable bonds is 12. The zero-order chi connectivity index (χ0) is 18.9. The van der Waals surface area contributed by atoms with E-state index >= 15 is 0 Å². The van der Waals surface area contributed by atoms with Crippen molar-refractivity contribution < 1.29 is 0 Å². The van der Waals surface area contributed by atoms with Crippen molar-refractivity contribution in [3.63, 3.8) is 0 Å². The van der Waals surface area contributed by atoms with Crippen molar-refractivity contribution in [2.75, 3.05) is 6.54 Å². The highest BCUT2D eigenvalue weighted by atomic mass is 15.1. The number of aryl methyl sites for hydroxylation is 3. The smallest absolute Gasteiger partial charge is 0.110 e. The van der Waals surface area contributed by atoms with Crippen molar-refractivity contribution in [3.8, 4) is 0 Å².